The molecule has 1 aliphatic carbocycles. The van der Waals surface area contributed by atoms with Crippen molar-refractivity contribution in [2.45, 2.75) is 13.8 Å². The number of hydrogen-bond acceptors (Lipinski definition) is 1. The summed E-state index contributed by atoms with van der Waals surface area (Å²) in [7, 11) is 0. The zero-order valence-electron chi connectivity index (χ0n) is 9.81. The highest BCUT2D eigenvalue weighted by Crippen LogP contribution is 2.62. The zero-order chi connectivity index (χ0) is 11.3. The highest BCUT2D eigenvalue weighted by atomic mass is 16.2. The molecule has 1 aromatic rings. The van der Waals surface area contributed by atoms with Gasteiger partial charge in [-0.15, -0.1) is 0 Å². The minimum Gasteiger partial charge on any atom is -0.338 e. The Balaban J connectivity index is 0.00000108. The molecule has 2 heteroatoms. The molecule has 0 radical (unpaired) electrons. The van der Waals surface area contributed by atoms with Gasteiger partial charge in [0.05, 0.1) is 0 Å². The van der Waals surface area contributed by atoms with Gasteiger partial charge in [0.25, 0.3) is 5.91 Å². The Morgan fingerprint density at radius 1 is 1.25 bits per heavy atom. The first-order valence-electron chi connectivity index (χ1n) is 5.95. The topological polar surface area (TPSA) is 20.3 Å². The number of piperidine rings is 1. The van der Waals surface area contributed by atoms with E-state index in [0.717, 1.165) is 30.5 Å². The normalized spacial score (nSPS) is 30.0. The zero-order valence-corrected chi connectivity index (χ0v) is 9.81. The van der Waals surface area contributed by atoms with Gasteiger partial charge in [-0.05, 0) is 29.4 Å². The number of amides is 1. The molecule has 2 atom stereocenters. The summed E-state index contributed by atoms with van der Waals surface area (Å²) in [5.41, 5.74) is 1.30. The van der Waals surface area contributed by atoms with Crippen LogP contribution in [0.3, 0.4) is 0 Å². The molecule has 1 aromatic carbocycles. The van der Waals surface area contributed by atoms with Crippen molar-refractivity contribution in [3.8, 4) is 0 Å². The van der Waals surface area contributed by atoms with Crippen LogP contribution in [0.4, 0.5) is 0 Å². The number of rotatable bonds is 1. The van der Waals surface area contributed by atoms with Gasteiger partial charge >= 0.3 is 0 Å². The quantitative estimate of drug-likeness (QED) is 0.708. The Hall–Kier alpha value is -1.31. The molecular weight excluding hydrogens is 198 g/mol. The van der Waals surface area contributed by atoms with Gasteiger partial charge < -0.3 is 4.90 Å². The highest BCUT2D eigenvalue weighted by Gasteiger charge is 2.62. The fraction of sp³-hybridized carbons (Fsp3) is 0.500. The Kier molecular flexibility index (Phi) is 1.91. The highest BCUT2D eigenvalue weighted by molar-refractivity contribution is 5.94. The van der Waals surface area contributed by atoms with Crippen molar-refractivity contribution in [3.63, 3.8) is 0 Å². The lowest BCUT2D eigenvalue weighted by molar-refractivity contribution is 0.0758. The molecule has 2 aliphatic rings. The molecule has 3 rings (SSSR count). The van der Waals surface area contributed by atoms with Crippen LogP contribution < -0.4 is 0 Å². The van der Waals surface area contributed by atoms with E-state index < -0.39 is 0 Å². The molecule has 2 nitrogen and oxygen atoms in total. The summed E-state index contributed by atoms with van der Waals surface area (Å²) in [5, 5.41) is 0. The summed E-state index contributed by atoms with van der Waals surface area (Å²) in [5.74, 6) is 1.67. The predicted octanol–water partition coefficient (Wildman–Crippen LogP) is 2.66. The second-order valence-electron chi connectivity index (χ2n) is 5.61. The maximum absolute atomic E-state index is 12.2. The van der Waals surface area contributed by atoms with Crippen molar-refractivity contribution >= 4 is 5.91 Å². The van der Waals surface area contributed by atoms with Gasteiger partial charge in [-0.25, -0.2) is 0 Å². The molecule has 1 amide bonds. The summed E-state index contributed by atoms with van der Waals surface area (Å²) in [4.78, 5) is 14.2. The van der Waals surface area contributed by atoms with Gasteiger partial charge in [0.2, 0.25) is 0 Å². The minimum atomic E-state index is 0. The lowest BCUT2D eigenvalue weighted by atomic mass is 10.1. The third-order valence-corrected chi connectivity index (χ3v) is 4.43. The number of carbonyl (C=O) groups is 1. The van der Waals surface area contributed by atoms with Crippen LogP contribution in [0.25, 0.3) is 0 Å². The maximum atomic E-state index is 12.2. The summed E-state index contributed by atoms with van der Waals surface area (Å²) in [6.45, 7) is 6.52. The molecule has 0 spiro atoms. The Morgan fingerprint density at radius 3 is 2.38 bits per heavy atom. The van der Waals surface area contributed by atoms with Crippen LogP contribution in [0, 0.1) is 17.3 Å². The lowest BCUT2D eigenvalue weighted by Crippen LogP contribution is -2.32. The SMILES string of the molecule is CC1(C)C2CN(C(=O)c3ccccc3)CC21.[HH]. The Morgan fingerprint density at radius 2 is 1.81 bits per heavy atom. The number of nitrogens with zero attached hydrogens (tertiary/aromatic N) is 1. The Labute approximate surface area is 97.7 Å². The number of carbonyl (C=O) groups excluding carboxylic acids is 1. The molecule has 1 heterocycles. The minimum absolute atomic E-state index is 0. The predicted molar refractivity (Wildman–Crippen MR) is 65.2 cm³/mol. The molecule has 0 bridgehead atoms. The molecule has 16 heavy (non-hydrogen) atoms. The van der Waals surface area contributed by atoms with Gasteiger partial charge in [-0.1, -0.05) is 32.0 Å². The van der Waals surface area contributed by atoms with Crippen LogP contribution in [0.2, 0.25) is 0 Å². The van der Waals surface area contributed by atoms with E-state index in [1.165, 1.54) is 0 Å². The van der Waals surface area contributed by atoms with Crippen molar-refractivity contribution in [1.82, 2.24) is 4.90 Å². The number of fused-ring (bicyclic) bond motifs is 1. The van der Waals surface area contributed by atoms with Crippen LogP contribution >= 0.6 is 0 Å². The van der Waals surface area contributed by atoms with E-state index in [2.05, 4.69) is 13.8 Å². The third-order valence-electron chi connectivity index (χ3n) is 4.43. The largest absolute Gasteiger partial charge is 0.338 e. The summed E-state index contributed by atoms with van der Waals surface area (Å²) < 4.78 is 0. The fourth-order valence-corrected chi connectivity index (χ4v) is 3.06. The number of hydrogen-bond donors (Lipinski definition) is 0. The molecule has 1 saturated carbocycles. The van der Waals surface area contributed by atoms with Gasteiger partial charge in [0, 0.05) is 20.1 Å². The molecule has 0 aromatic heterocycles. The van der Waals surface area contributed by atoms with E-state index in [0.29, 0.717) is 5.41 Å². The van der Waals surface area contributed by atoms with Gasteiger partial charge in [-0.2, -0.15) is 0 Å². The molecule has 1 aliphatic heterocycles. The molecular formula is C14H19NO. The lowest BCUT2D eigenvalue weighted by Gasteiger charge is -2.22. The number of benzene rings is 1. The molecule has 2 fully saturated rings. The second kappa shape index (κ2) is 3.09. The van der Waals surface area contributed by atoms with E-state index in [-0.39, 0.29) is 7.33 Å². The van der Waals surface area contributed by atoms with E-state index in [9.17, 15) is 4.79 Å². The van der Waals surface area contributed by atoms with Crippen molar-refractivity contribution < 1.29 is 6.22 Å². The van der Waals surface area contributed by atoms with Crippen molar-refractivity contribution in [3.05, 3.63) is 35.9 Å². The van der Waals surface area contributed by atoms with Crippen LogP contribution in [0.5, 0.6) is 0 Å². The third kappa shape index (κ3) is 1.29. The fourth-order valence-electron chi connectivity index (χ4n) is 3.06. The van der Waals surface area contributed by atoms with E-state index in [1.807, 2.05) is 35.2 Å². The first-order valence-corrected chi connectivity index (χ1v) is 5.95. The smallest absolute Gasteiger partial charge is 0.253 e. The summed E-state index contributed by atoms with van der Waals surface area (Å²) in [6.07, 6.45) is 0. The molecule has 86 valence electrons. The van der Waals surface area contributed by atoms with Gasteiger partial charge in [-0.3, -0.25) is 4.79 Å². The van der Waals surface area contributed by atoms with E-state index in [1.54, 1.807) is 0 Å². The average Bonchev–Trinajstić information content (AvgIpc) is 2.72. The van der Waals surface area contributed by atoms with Crippen LogP contribution in [-0.4, -0.2) is 23.9 Å². The first kappa shape index (κ1) is 9.88. The molecule has 2 unspecified atom stereocenters. The monoisotopic (exact) mass is 217 g/mol. The molecule has 1 saturated heterocycles. The summed E-state index contributed by atoms with van der Waals surface area (Å²) >= 11 is 0. The van der Waals surface area contributed by atoms with Crippen molar-refractivity contribution in [2.75, 3.05) is 13.1 Å². The average molecular weight is 217 g/mol. The number of likely N-dealkylation sites (tertiary alicyclic amines) is 1. The van der Waals surface area contributed by atoms with Crippen LogP contribution in [0.1, 0.15) is 25.6 Å². The maximum Gasteiger partial charge on any atom is 0.253 e. The summed E-state index contributed by atoms with van der Waals surface area (Å²) in [6, 6.07) is 9.60. The second-order valence-corrected chi connectivity index (χ2v) is 5.61. The first-order chi connectivity index (χ1) is 7.60. The van der Waals surface area contributed by atoms with Crippen LogP contribution in [0.15, 0.2) is 30.3 Å². The van der Waals surface area contributed by atoms with Crippen molar-refractivity contribution in [2.24, 2.45) is 17.3 Å². The van der Waals surface area contributed by atoms with Crippen molar-refractivity contribution in [1.29, 1.82) is 0 Å². The van der Waals surface area contributed by atoms with Crippen LogP contribution in [-0.2, 0) is 0 Å². The van der Waals surface area contributed by atoms with Gasteiger partial charge in [0.15, 0.2) is 0 Å². The van der Waals surface area contributed by atoms with Gasteiger partial charge in [0.1, 0.15) is 0 Å². The van der Waals surface area contributed by atoms with E-state index in [4.69, 9.17) is 0 Å². The standard InChI is InChI=1S/C14H17NO.H2/c1-14(2)11-8-15(9-12(11)14)13(16)10-6-4-3-5-7-10;/h3-7,11-12H,8-9H2,1-2H3;1H. The Bertz CT molecular complexity index is 415. The molecule has 0 N–H and O–H groups in total. The van der Waals surface area contributed by atoms with E-state index >= 15 is 0 Å².